The molecule has 1 aromatic carbocycles. The molecule has 5 heteroatoms. The summed E-state index contributed by atoms with van der Waals surface area (Å²) in [5, 5.41) is 14.2. The SMILES string of the molecule is CCC1(CC)Oc2ccccc2[C@@H](N=[N+]=[N-])[C@@H]1O. The van der Waals surface area contributed by atoms with Crippen LogP contribution in [0, 0.1) is 0 Å². The number of ether oxygens (including phenoxy) is 1. The van der Waals surface area contributed by atoms with Gasteiger partial charge in [0.15, 0.2) is 0 Å². The van der Waals surface area contributed by atoms with Gasteiger partial charge in [-0.05, 0) is 24.4 Å². The minimum atomic E-state index is -0.821. The van der Waals surface area contributed by atoms with Crippen LogP contribution < -0.4 is 4.74 Å². The van der Waals surface area contributed by atoms with Crippen molar-refractivity contribution in [3.05, 3.63) is 40.3 Å². The highest BCUT2D eigenvalue weighted by atomic mass is 16.5. The second kappa shape index (κ2) is 4.88. The van der Waals surface area contributed by atoms with E-state index >= 15 is 0 Å². The predicted octanol–water partition coefficient (Wildman–Crippen LogP) is 3.35. The Bertz CT molecular complexity index is 479. The molecule has 5 nitrogen and oxygen atoms in total. The van der Waals surface area contributed by atoms with Crippen molar-refractivity contribution in [3.63, 3.8) is 0 Å². The Kier molecular flexibility index (Phi) is 3.45. The Balaban J connectivity index is 2.55. The number of aliphatic hydroxyl groups is 1. The first-order valence-corrected chi connectivity index (χ1v) is 6.18. The Labute approximate surface area is 106 Å². The van der Waals surface area contributed by atoms with Gasteiger partial charge in [-0.25, -0.2) is 0 Å². The molecule has 1 N–H and O–H groups in total. The number of aliphatic hydroxyl groups excluding tert-OH is 1. The molecule has 0 radical (unpaired) electrons. The number of benzene rings is 1. The third-order valence-corrected chi connectivity index (χ3v) is 3.76. The van der Waals surface area contributed by atoms with Crippen LogP contribution in [-0.2, 0) is 0 Å². The van der Waals surface area contributed by atoms with E-state index in [2.05, 4.69) is 10.0 Å². The van der Waals surface area contributed by atoms with Crippen LogP contribution in [0.1, 0.15) is 38.3 Å². The van der Waals surface area contributed by atoms with Crippen molar-refractivity contribution in [1.29, 1.82) is 0 Å². The van der Waals surface area contributed by atoms with Crippen molar-refractivity contribution in [2.45, 2.75) is 44.4 Å². The second-order valence-corrected chi connectivity index (χ2v) is 4.51. The molecule has 0 bridgehead atoms. The molecule has 18 heavy (non-hydrogen) atoms. The number of azide groups is 1. The summed E-state index contributed by atoms with van der Waals surface area (Å²) in [5.74, 6) is 0.698. The number of hydrogen-bond acceptors (Lipinski definition) is 3. The maximum Gasteiger partial charge on any atom is 0.135 e. The maximum absolute atomic E-state index is 10.5. The van der Waals surface area contributed by atoms with Gasteiger partial charge in [-0.15, -0.1) is 0 Å². The van der Waals surface area contributed by atoms with Crippen LogP contribution in [0.25, 0.3) is 10.4 Å². The van der Waals surface area contributed by atoms with Crippen LogP contribution in [0.5, 0.6) is 5.75 Å². The van der Waals surface area contributed by atoms with Gasteiger partial charge < -0.3 is 9.84 Å². The quantitative estimate of drug-likeness (QED) is 0.505. The number of fused-ring (bicyclic) bond motifs is 1. The number of hydrogen-bond donors (Lipinski definition) is 1. The maximum atomic E-state index is 10.5. The van der Waals surface area contributed by atoms with Crippen LogP contribution in [0.2, 0.25) is 0 Å². The molecule has 1 aliphatic heterocycles. The Morgan fingerprint density at radius 2 is 2.06 bits per heavy atom. The van der Waals surface area contributed by atoms with E-state index in [9.17, 15) is 5.11 Å². The highest BCUT2D eigenvalue weighted by Crippen LogP contribution is 2.44. The van der Waals surface area contributed by atoms with Crippen LogP contribution in [-0.4, -0.2) is 16.8 Å². The van der Waals surface area contributed by atoms with Gasteiger partial charge in [0, 0.05) is 10.5 Å². The van der Waals surface area contributed by atoms with E-state index in [0.717, 1.165) is 5.56 Å². The molecule has 96 valence electrons. The fourth-order valence-electron chi connectivity index (χ4n) is 2.55. The Morgan fingerprint density at radius 1 is 1.39 bits per heavy atom. The predicted molar refractivity (Wildman–Crippen MR) is 68.3 cm³/mol. The fourth-order valence-corrected chi connectivity index (χ4v) is 2.55. The third-order valence-electron chi connectivity index (χ3n) is 3.76. The minimum Gasteiger partial charge on any atom is -0.484 e. The average Bonchev–Trinajstić information content (AvgIpc) is 2.42. The van der Waals surface area contributed by atoms with Crippen LogP contribution in [0.3, 0.4) is 0 Å². The smallest absolute Gasteiger partial charge is 0.135 e. The van der Waals surface area contributed by atoms with Crippen molar-refractivity contribution >= 4 is 0 Å². The van der Waals surface area contributed by atoms with Gasteiger partial charge in [-0.1, -0.05) is 37.2 Å². The lowest BCUT2D eigenvalue weighted by molar-refractivity contribution is -0.0857. The molecule has 0 unspecified atom stereocenters. The molecule has 0 aliphatic carbocycles. The highest BCUT2D eigenvalue weighted by Gasteiger charge is 2.46. The summed E-state index contributed by atoms with van der Waals surface area (Å²) in [4.78, 5) is 2.85. The van der Waals surface area contributed by atoms with Gasteiger partial charge in [0.2, 0.25) is 0 Å². The lowest BCUT2D eigenvalue weighted by Crippen LogP contribution is -2.52. The summed E-state index contributed by atoms with van der Waals surface area (Å²) in [7, 11) is 0. The molecule has 2 atom stereocenters. The molecule has 0 saturated heterocycles. The first-order valence-electron chi connectivity index (χ1n) is 6.18. The molecule has 2 rings (SSSR count). The summed E-state index contributed by atoms with van der Waals surface area (Å²) in [5.41, 5.74) is 8.76. The van der Waals surface area contributed by atoms with Gasteiger partial charge in [0.25, 0.3) is 0 Å². The Hall–Kier alpha value is -1.71. The van der Waals surface area contributed by atoms with E-state index in [1.807, 2.05) is 38.1 Å². The third kappa shape index (κ3) is 1.82. The zero-order valence-corrected chi connectivity index (χ0v) is 10.6. The van der Waals surface area contributed by atoms with Crippen LogP contribution >= 0.6 is 0 Å². The first kappa shape index (κ1) is 12.7. The van der Waals surface area contributed by atoms with E-state index < -0.39 is 17.7 Å². The van der Waals surface area contributed by atoms with Gasteiger partial charge in [-0.3, -0.25) is 0 Å². The highest BCUT2D eigenvalue weighted by molar-refractivity contribution is 5.40. The molecule has 1 aliphatic rings. The Morgan fingerprint density at radius 3 is 2.67 bits per heavy atom. The fraction of sp³-hybridized carbons (Fsp3) is 0.538. The second-order valence-electron chi connectivity index (χ2n) is 4.51. The lowest BCUT2D eigenvalue weighted by Gasteiger charge is -2.44. The van der Waals surface area contributed by atoms with Crippen molar-refractivity contribution in [1.82, 2.24) is 0 Å². The molecule has 0 spiro atoms. The van der Waals surface area contributed by atoms with Gasteiger partial charge in [-0.2, -0.15) is 0 Å². The van der Waals surface area contributed by atoms with Crippen molar-refractivity contribution < 1.29 is 9.84 Å². The molecule has 1 heterocycles. The topological polar surface area (TPSA) is 78.2 Å². The van der Waals surface area contributed by atoms with E-state index in [0.29, 0.717) is 18.6 Å². The standard InChI is InChI=1S/C13H17N3O2/c1-3-13(4-2)12(17)11(15-16-14)9-7-5-6-8-10(9)18-13/h5-8,11-12,17H,3-4H2,1-2H3/t11-,12+/m1/s1. The number of rotatable bonds is 3. The lowest BCUT2D eigenvalue weighted by atomic mass is 9.81. The summed E-state index contributed by atoms with van der Waals surface area (Å²) in [6.07, 6.45) is 0.505. The van der Waals surface area contributed by atoms with Gasteiger partial charge >= 0.3 is 0 Å². The van der Waals surface area contributed by atoms with Crippen molar-refractivity contribution in [2.75, 3.05) is 0 Å². The van der Waals surface area contributed by atoms with E-state index in [4.69, 9.17) is 10.3 Å². The largest absolute Gasteiger partial charge is 0.484 e. The van der Waals surface area contributed by atoms with E-state index in [-0.39, 0.29) is 0 Å². The summed E-state index contributed by atoms with van der Waals surface area (Å²) >= 11 is 0. The summed E-state index contributed by atoms with van der Waals surface area (Å²) < 4.78 is 5.97. The number of para-hydroxylation sites is 1. The zero-order valence-electron chi connectivity index (χ0n) is 10.6. The van der Waals surface area contributed by atoms with Gasteiger partial charge in [0.1, 0.15) is 17.5 Å². The van der Waals surface area contributed by atoms with E-state index in [1.54, 1.807) is 0 Å². The first-order chi connectivity index (χ1) is 8.68. The van der Waals surface area contributed by atoms with Crippen molar-refractivity contribution in [3.8, 4) is 5.75 Å². The normalized spacial score (nSPS) is 24.6. The van der Waals surface area contributed by atoms with E-state index in [1.165, 1.54) is 0 Å². The average molecular weight is 247 g/mol. The molecular weight excluding hydrogens is 230 g/mol. The molecule has 0 amide bonds. The molecule has 0 aromatic heterocycles. The summed E-state index contributed by atoms with van der Waals surface area (Å²) in [6, 6.07) is 6.81. The number of nitrogens with zero attached hydrogens (tertiary/aromatic N) is 3. The van der Waals surface area contributed by atoms with Crippen molar-refractivity contribution in [2.24, 2.45) is 5.11 Å². The minimum absolute atomic E-state index is 0.583. The van der Waals surface area contributed by atoms with Crippen LogP contribution in [0.4, 0.5) is 0 Å². The molecule has 0 fully saturated rings. The van der Waals surface area contributed by atoms with Crippen LogP contribution in [0.15, 0.2) is 29.4 Å². The van der Waals surface area contributed by atoms with Gasteiger partial charge in [0.05, 0.1) is 6.04 Å². The monoisotopic (exact) mass is 247 g/mol. The molecule has 0 saturated carbocycles. The molecule has 1 aromatic rings. The summed E-state index contributed by atoms with van der Waals surface area (Å²) in [6.45, 7) is 3.93. The zero-order chi connectivity index (χ0) is 13.2. The molecular formula is C13H17N3O2.